The molecule has 6 nitrogen and oxygen atoms in total. The van der Waals surface area contributed by atoms with Crippen LogP contribution in [0.3, 0.4) is 0 Å². The Labute approximate surface area is 95.5 Å². The van der Waals surface area contributed by atoms with Crippen molar-refractivity contribution in [2.75, 3.05) is 0 Å². The summed E-state index contributed by atoms with van der Waals surface area (Å²) < 4.78 is 0. The molecule has 0 unspecified atom stereocenters. The Morgan fingerprint density at radius 1 is 0.562 bits per heavy atom. The number of rotatable bonds is 1. The summed E-state index contributed by atoms with van der Waals surface area (Å²) >= 11 is 0. The molecule has 0 atom stereocenters. The third-order valence-corrected chi connectivity index (χ3v) is 1.59. The van der Waals surface area contributed by atoms with Gasteiger partial charge in [0.1, 0.15) is 0 Å². The molecule has 0 bridgehead atoms. The second-order valence-corrected chi connectivity index (χ2v) is 2.43. The monoisotopic (exact) mass is 224 g/mol. The van der Waals surface area contributed by atoms with E-state index in [9.17, 15) is 0 Å². The lowest BCUT2D eigenvalue weighted by Gasteiger charge is -1.96. The standard InChI is InChI=1S/C10H8N2.4H3N/c1-3-7-11-9(5-1)10-6-2-4-8-12-10;;;;/h1-8H;4*1H3. The zero-order valence-corrected chi connectivity index (χ0v) is 9.34. The highest BCUT2D eigenvalue weighted by Crippen LogP contribution is 2.10. The van der Waals surface area contributed by atoms with Crippen molar-refractivity contribution in [1.82, 2.24) is 34.6 Å². The van der Waals surface area contributed by atoms with E-state index in [-0.39, 0.29) is 24.6 Å². The molecule has 0 radical (unpaired) electrons. The molecule has 2 aromatic heterocycles. The van der Waals surface area contributed by atoms with Crippen LogP contribution in [0.4, 0.5) is 0 Å². The highest BCUT2D eigenvalue weighted by atomic mass is 14.7. The average Bonchev–Trinajstić information content (AvgIpc) is 2.21. The van der Waals surface area contributed by atoms with Crippen molar-refractivity contribution in [3.05, 3.63) is 48.8 Å². The Hall–Kier alpha value is -1.86. The van der Waals surface area contributed by atoms with Crippen molar-refractivity contribution >= 4 is 0 Å². The van der Waals surface area contributed by atoms with Crippen LogP contribution in [0.2, 0.25) is 0 Å². The summed E-state index contributed by atoms with van der Waals surface area (Å²) in [6, 6.07) is 11.6. The number of hydrogen-bond acceptors (Lipinski definition) is 6. The summed E-state index contributed by atoms with van der Waals surface area (Å²) in [7, 11) is 0. The summed E-state index contributed by atoms with van der Waals surface area (Å²) in [5.74, 6) is 0. The van der Waals surface area contributed by atoms with Gasteiger partial charge in [0.05, 0.1) is 11.4 Å². The summed E-state index contributed by atoms with van der Waals surface area (Å²) in [6.07, 6.45) is 3.54. The van der Waals surface area contributed by atoms with Gasteiger partial charge in [-0.1, -0.05) is 12.1 Å². The molecule has 12 N–H and O–H groups in total. The van der Waals surface area contributed by atoms with E-state index in [1.165, 1.54) is 0 Å². The Balaban J connectivity index is -0.000000422. The van der Waals surface area contributed by atoms with E-state index in [0.29, 0.717) is 0 Å². The van der Waals surface area contributed by atoms with Crippen LogP contribution in [0.5, 0.6) is 0 Å². The summed E-state index contributed by atoms with van der Waals surface area (Å²) in [6.45, 7) is 0. The molecule has 2 rings (SSSR count). The Bertz CT molecular complexity index is 313. The molecule has 0 saturated carbocycles. The van der Waals surface area contributed by atoms with Crippen LogP contribution in [0.1, 0.15) is 0 Å². The van der Waals surface area contributed by atoms with E-state index >= 15 is 0 Å². The van der Waals surface area contributed by atoms with E-state index in [0.717, 1.165) is 11.4 Å². The Kier molecular flexibility index (Phi) is 11.9. The molecular weight excluding hydrogens is 204 g/mol. The molecule has 90 valence electrons. The molecule has 6 heteroatoms. The minimum absolute atomic E-state index is 0. The van der Waals surface area contributed by atoms with Crippen LogP contribution in [-0.2, 0) is 0 Å². The highest BCUT2D eigenvalue weighted by Gasteiger charge is 1.95. The van der Waals surface area contributed by atoms with Gasteiger partial charge >= 0.3 is 0 Å². The molecule has 0 aromatic carbocycles. The highest BCUT2D eigenvalue weighted by molar-refractivity contribution is 5.52. The molecule has 16 heavy (non-hydrogen) atoms. The molecule has 0 aliphatic carbocycles. The SMILES string of the molecule is N.N.N.N.c1ccc(-c2ccccn2)nc1. The summed E-state index contributed by atoms with van der Waals surface area (Å²) in [4.78, 5) is 8.37. The van der Waals surface area contributed by atoms with Gasteiger partial charge in [-0.15, -0.1) is 0 Å². The normalized spacial score (nSPS) is 7.25. The fourth-order valence-electron chi connectivity index (χ4n) is 1.03. The predicted molar refractivity (Wildman–Crippen MR) is 67.6 cm³/mol. The minimum Gasteiger partial charge on any atom is -0.344 e. The van der Waals surface area contributed by atoms with Crippen molar-refractivity contribution < 1.29 is 0 Å². The topological polar surface area (TPSA) is 166 Å². The van der Waals surface area contributed by atoms with E-state index < -0.39 is 0 Å². The summed E-state index contributed by atoms with van der Waals surface area (Å²) in [5, 5.41) is 0. The first-order valence-corrected chi connectivity index (χ1v) is 3.79. The van der Waals surface area contributed by atoms with E-state index in [1.54, 1.807) is 12.4 Å². The van der Waals surface area contributed by atoms with Crippen LogP contribution in [0.15, 0.2) is 48.8 Å². The molecule has 0 amide bonds. The van der Waals surface area contributed by atoms with Crippen LogP contribution in [0.25, 0.3) is 11.4 Å². The fraction of sp³-hybridized carbons (Fsp3) is 0. The molecule has 2 aromatic rings. The van der Waals surface area contributed by atoms with Gasteiger partial charge in [-0.25, -0.2) is 0 Å². The number of nitrogens with zero attached hydrogens (tertiary/aromatic N) is 2. The first-order valence-electron chi connectivity index (χ1n) is 3.79. The quantitative estimate of drug-likeness (QED) is 0.580. The van der Waals surface area contributed by atoms with Crippen molar-refractivity contribution in [1.29, 1.82) is 0 Å². The average molecular weight is 224 g/mol. The van der Waals surface area contributed by atoms with Gasteiger partial charge in [0.25, 0.3) is 0 Å². The summed E-state index contributed by atoms with van der Waals surface area (Å²) in [5.41, 5.74) is 1.83. The molecular formula is C10H20N6. The van der Waals surface area contributed by atoms with Gasteiger partial charge in [-0.05, 0) is 24.3 Å². The van der Waals surface area contributed by atoms with Crippen LogP contribution < -0.4 is 24.6 Å². The molecule has 0 spiro atoms. The van der Waals surface area contributed by atoms with Gasteiger partial charge in [0.15, 0.2) is 0 Å². The van der Waals surface area contributed by atoms with Gasteiger partial charge in [0, 0.05) is 12.4 Å². The number of pyridine rings is 2. The van der Waals surface area contributed by atoms with E-state index in [1.807, 2.05) is 36.4 Å². The van der Waals surface area contributed by atoms with E-state index in [2.05, 4.69) is 9.97 Å². The smallest absolute Gasteiger partial charge is 0.0886 e. The van der Waals surface area contributed by atoms with E-state index in [4.69, 9.17) is 0 Å². The van der Waals surface area contributed by atoms with Gasteiger partial charge < -0.3 is 24.6 Å². The van der Waals surface area contributed by atoms with Crippen LogP contribution in [-0.4, -0.2) is 9.97 Å². The zero-order valence-electron chi connectivity index (χ0n) is 9.34. The van der Waals surface area contributed by atoms with Crippen LogP contribution in [0, 0.1) is 0 Å². The molecule has 0 aliphatic rings. The second-order valence-electron chi connectivity index (χ2n) is 2.43. The maximum absolute atomic E-state index is 4.19. The lowest BCUT2D eigenvalue weighted by atomic mass is 10.2. The number of aromatic nitrogens is 2. The lowest BCUT2D eigenvalue weighted by Crippen LogP contribution is -1.83. The maximum atomic E-state index is 4.19. The first-order chi connectivity index (χ1) is 5.97. The number of hydrogen-bond donors (Lipinski definition) is 4. The largest absolute Gasteiger partial charge is 0.344 e. The Morgan fingerprint density at radius 2 is 0.938 bits per heavy atom. The molecule has 0 saturated heterocycles. The molecule has 0 fully saturated rings. The fourth-order valence-corrected chi connectivity index (χ4v) is 1.03. The third-order valence-electron chi connectivity index (χ3n) is 1.59. The third kappa shape index (κ3) is 4.58. The molecule has 2 heterocycles. The molecule has 0 aliphatic heterocycles. The van der Waals surface area contributed by atoms with Gasteiger partial charge in [-0.2, -0.15) is 0 Å². The zero-order chi connectivity index (χ0) is 8.23. The van der Waals surface area contributed by atoms with Crippen LogP contribution >= 0.6 is 0 Å². The lowest BCUT2D eigenvalue weighted by molar-refractivity contribution is 1.25. The Morgan fingerprint density at radius 3 is 1.19 bits per heavy atom. The van der Waals surface area contributed by atoms with Crippen molar-refractivity contribution in [2.24, 2.45) is 0 Å². The first kappa shape index (κ1) is 19.7. The van der Waals surface area contributed by atoms with Crippen molar-refractivity contribution in [2.45, 2.75) is 0 Å². The van der Waals surface area contributed by atoms with Crippen molar-refractivity contribution in [3.8, 4) is 11.4 Å². The second kappa shape index (κ2) is 9.69. The minimum atomic E-state index is 0. The van der Waals surface area contributed by atoms with Gasteiger partial charge in [0.2, 0.25) is 0 Å². The maximum Gasteiger partial charge on any atom is 0.0886 e. The van der Waals surface area contributed by atoms with Gasteiger partial charge in [-0.3, -0.25) is 9.97 Å². The predicted octanol–water partition coefficient (Wildman–Crippen LogP) is 2.79. The van der Waals surface area contributed by atoms with Crippen molar-refractivity contribution in [3.63, 3.8) is 0 Å².